The molecular weight excluding hydrogens is 404 g/mol. The number of fused-ring (bicyclic) bond motifs is 1. The van der Waals surface area contributed by atoms with Crippen LogP contribution in [0, 0.1) is 12.3 Å². The first-order chi connectivity index (χ1) is 15.5. The van der Waals surface area contributed by atoms with Crippen molar-refractivity contribution in [2.24, 2.45) is 0 Å². The lowest BCUT2D eigenvalue weighted by Crippen LogP contribution is -2.38. The van der Waals surface area contributed by atoms with Crippen LogP contribution < -0.4 is 9.64 Å². The van der Waals surface area contributed by atoms with Crippen LogP contribution in [-0.4, -0.2) is 57.9 Å². The molecule has 2 aliphatic rings. The van der Waals surface area contributed by atoms with Crippen molar-refractivity contribution in [3.8, 4) is 5.75 Å². The lowest BCUT2D eigenvalue weighted by molar-refractivity contribution is 0.0602. The molecule has 0 aliphatic carbocycles. The summed E-state index contributed by atoms with van der Waals surface area (Å²) in [5.74, 6) is 1.48. The number of para-hydroxylation sites is 1. The molecule has 3 aromatic rings. The van der Waals surface area contributed by atoms with Crippen LogP contribution in [0.3, 0.4) is 0 Å². The number of hydrogen-bond donors (Lipinski definition) is 1. The molecule has 2 aliphatic heterocycles. The monoisotopic (exact) mass is 432 g/mol. The maximum atomic E-state index is 13.5. The number of aryl methyl sites for hydroxylation is 1. The first-order valence-electron chi connectivity index (χ1n) is 11.2. The Labute approximate surface area is 187 Å². The molecule has 5 rings (SSSR count). The quantitative estimate of drug-likeness (QED) is 0.680. The molecule has 0 radical (unpaired) electrons. The minimum absolute atomic E-state index is 0.0235. The summed E-state index contributed by atoms with van der Waals surface area (Å²) in [6.45, 7) is 4.19. The molecule has 2 saturated heterocycles. The summed E-state index contributed by atoms with van der Waals surface area (Å²) in [5, 5.41) is 12.7. The van der Waals surface area contributed by atoms with Gasteiger partial charge in [0.15, 0.2) is 5.65 Å². The zero-order chi connectivity index (χ0) is 22.2. The van der Waals surface area contributed by atoms with E-state index in [0.717, 1.165) is 60.7 Å². The maximum Gasteiger partial charge on any atom is 0.258 e. The number of piperidine rings is 1. The Morgan fingerprint density at radius 3 is 2.84 bits per heavy atom. The molecular formula is C24H28N6O2. The maximum absolute atomic E-state index is 13.5. The minimum Gasteiger partial charge on any atom is -0.496 e. The van der Waals surface area contributed by atoms with E-state index in [1.54, 1.807) is 7.11 Å². The number of rotatable bonds is 4. The molecule has 1 aromatic carbocycles. The number of hydrogen-bond acceptors (Lipinski definition) is 6. The van der Waals surface area contributed by atoms with Gasteiger partial charge in [0.2, 0.25) is 0 Å². The predicted molar refractivity (Wildman–Crippen MR) is 123 cm³/mol. The van der Waals surface area contributed by atoms with Crippen LogP contribution >= 0.6 is 0 Å². The molecule has 1 amide bonds. The van der Waals surface area contributed by atoms with E-state index in [1.807, 2.05) is 52.9 Å². The summed E-state index contributed by atoms with van der Waals surface area (Å²) in [4.78, 5) is 22.4. The molecule has 0 saturated carbocycles. The topological polar surface area (TPSA) is 86.8 Å². The molecule has 4 heterocycles. The number of carbonyl (C=O) groups is 1. The largest absolute Gasteiger partial charge is 0.496 e. The Morgan fingerprint density at radius 1 is 1.22 bits per heavy atom. The van der Waals surface area contributed by atoms with Gasteiger partial charge < -0.3 is 19.9 Å². The molecule has 32 heavy (non-hydrogen) atoms. The van der Waals surface area contributed by atoms with E-state index in [9.17, 15) is 4.79 Å². The molecule has 8 heteroatoms. The summed E-state index contributed by atoms with van der Waals surface area (Å²) in [6, 6.07) is 9.30. The van der Waals surface area contributed by atoms with Crippen LogP contribution in [0.2, 0.25) is 0 Å². The number of anilines is 1. The van der Waals surface area contributed by atoms with Crippen molar-refractivity contribution >= 4 is 23.1 Å². The van der Waals surface area contributed by atoms with Crippen LogP contribution in [-0.2, 0) is 0 Å². The number of aromatic nitrogens is 3. The van der Waals surface area contributed by atoms with Crippen molar-refractivity contribution in [3.63, 3.8) is 0 Å². The Morgan fingerprint density at radius 2 is 2.06 bits per heavy atom. The summed E-state index contributed by atoms with van der Waals surface area (Å²) in [7, 11) is 1.59. The average Bonchev–Trinajstić information content (AvgIpc) is 3.43. The van der Waals surface area contributed by atoms with Crippen LogP contribution in [0.15, 0.2) is 36.5 Å². The van der Waals surface area contributed by atoms with Crippen molar-refractivity contribution in [1.82, 2.24) is 19.5 Å². The molecule has 1 N–H and O–H groups in total. The zero-order valence-electron chi connectivity index (χ0n) is 18.5. The SMILES string of the molecule is COc1ccccc1C(=O)N1CCCC[C@H]1c1cc2nc(N3CCC(=N)C3)c(C)cn2n1. The van der Waals surface area contributed by atoms with Gasteiger partial charge in [-0.2, -0.15) is 5.10 Å². The van der Waals surface area contributed by atoms with Gasteiger partial charge in [-0.15, -0.1) is 0 Å². The highest BCUT2D eigenvalue weighted by Crippen LogP contribution is 2.34. The third kappa shape index (κ3) is 3.59. The molecule has 2 fully saturated rings. The molecule has 1 atom stereocenters. The average molecular weight is 433 g/mol. The Hall–Kier alpha value is -3.42. The van der Waals surface area contributed by atoms with E-state index in [2.05, 4.69) is 4.90 Å². The van der Waals surface area contributed by atoms with E-state index in [-0.39, 0.29) is 11.9 Å². The van der Waals surface area contributed by atoms with E-state index < -0.39 is 0 Å². The van der Waals surface area contributed by atoms with Gasteiger partial charge in [0.1, 0.15) is 11.6 Å². The second-order valence-electron chi connectivity index (χ2n) is 8.61. The van der Waals surface area contributed by atoms with Gasteiger partial charge in [0.25, 0.3) is 5.91 Å². The van der Waals surface area contributed by atoms with Crippen molar-refractivity contribution in [1.29, 1.82) is 5.41 Å². The summed E-state index contributed by atoms with van der Waals surface area (Å²) in [6.07, 6.45) is 5.70. The van der Waals surface area contributed by atoms with Gasteiger partial charge in [0, 0.05) is 43.0 Å². The molecule has 0 spiro atoms. The summed E-state index contributed by atoms with van der Waals surface area (Å²) >= 11 is 0. The lowest BCUT2D eigenvalue weighted by atomic mass is 9.98. The third-order valence-electron chi connectivity index (χ3n) is 6.43. The Balaban J connectivity index is 1.48. The highest BCUT2D eigenvalue weighted by atomic mass is 16.5. The number of nitrogens with zero attached hydrogens (tertiary/aromatic N) is 5. The molecule has 0 unspecified atom stereocenters. The standard InChI is InChI=1S/C24H28N6O2/c1-16-14-30-22(26-23(16)28-12-10-17(25)15-28)13-19(27-30)20-8-5-6-11-29(20)24(31)18-7-3-4-9-21(18)32-2/h3-4,7,9,13-14,20,25H,5-6,8,10-12,15H2,1-2H3/t20-/m0/s1. The molecule has 8 nitrogen and oxygen atoms in total. The highest BCUT2D eigenvalue weighted by molar-refractivity contribution is 5.97. The number of nitrogens with one attached hydrogen (secondary N) is 1. The molecule has 166 valence electrons. The van der Waals surface area contributed by atoms with E-state index >= 15 is 0 Å². The van der Waals surface area contributed by atoms with E-state index in [4.69, 9.17) is 20.2 Å². The van der Waals surface area contributed by atoms with E-state index in [0.29, 0.717) is 24.4 Å². The van der Waals surface area contributed by atoms with Crippen molar-refractivity contribution in [3.05, 3.63) is 53.3 Å². The molecule has 0 bridgehead atoms. The smallest absolute Gasteiger partial charge is 0.258 e. The minimum atomic E-state index is -0.0911. The fraction of sp³-hybridized carbons (Fsp3) is 0.417. The van der Waals surface area contributed by atoms with Gasteiger partial charge >= 0.3 is 0 Å². The van der Waals surface area contributed by atoms with Gasteiger partial charge in [0.05, 0.1) is 31.0 Å². The first kappa shape index (κ1) is 20.5. The Bertz CT molecular complexity index is 1190. The van der Waals surface area contributed by atoms with Gasteiger partial charge in [-0.3, -0.25) is 4.79 Å². The second kappa shape index (κ2) is 8.26. The van der Waals surface area contributed by atoms with Gasteiger partial charge in [-0.25, -0.2) is 9.50 Å². The van der Waals surface area contributed by atoms with Gasteiger partial charge in [-0.1, -0.05) is 12.1 Å². The fourth-order valence-corrected chi connectivity index (χ4v) is 4.80. The van der Waals surface area contributed by atoms with Crippen LogP contribution in [0.1, 0.15) is 53.3 Å². The van der Waals surface area contributed by atoms with E-state index in [1.165, 1.54) is 0 Å². The predicted octanol–water partition coefficient (Wildman–Crippen LogP) is 3.64. The van der Waals surface area contributed by atoms with Crippen LogP contribution in [0.5, 0.6) is 5.75 Å². The highest BCUT2D eigenvalue weighted by Gasteiger charge is 2.32. The third-order valence-corrected chi connectivity index (χ3v) is 6.43. The number of benzene rings is 1. The normalized spacial score (nSPS) is 19.1. The van der Waals surface area contributed by atoms with Crippen molar-refractivity contribution < 1.29 is 9.53 Å². The number of likely N-dealkylation sites (tertiary alicyclic amines) is 1. The summed E-state index contributed by atoms with van der Waals surface area (Å²) < 4.78 is 7.25. The van der Waals surface area contributed by atoms with Crippen LogP contribution in [0.4, 0.5) is 5.82 Å². The van der Waals surface area contributed by atoms with Crippen molar-refractivity contribution in [2.45, 2.75) is 38.6 Å². The lowest BCUT2D eigenvalue weighted by Gasteiger charge is -2.35. The Kier molecular flexibility index (Phi) is 5.28. The van der Waals surface area contributed by atoms with Crippen molar-refractivity contribution in [2.75, 3.05) is 31.6 Å². The van der Waals surface area contributed by atoms with Crippen LogP contribution in [0.25, 0.3) is 5.65 Å². The number of methoxy groups -OCH3 is 1. The summed E-state index contributed by atoms with van der Waals surface area (Å²) in [5.41, 5.74) is 4.00. The first-order valence-corrected chi connectivity index (χ1v) is 11.2. The number of carbonyl (C=O) groups excluding carboxylic acids is 1. The second-order valence-corrected chi connectivity index (χ2v) is 8.61. The molecule has 2 aromatic heterocycles. The van der Waals surface area contributed by atoms with Gasteiger partial charge in [-0.05, 0) is 38.3 Å². The fourth-order valence-electron chi connectivity index (χ4n) is 4.80. The number of amides is 1. The zero-order valence-corrected chi connectivity index (χ0v) is 18.5. The number of ether oxygens (including phenoxy) is 1.